The summed E-state index contributed by atoms with van der Waals surface area (Å²) in [4.78, 5) is 14.6. The third-order valence-electron chi connectivity index (χ3n) is 2.77. The maximum atomic E-state index is 10.9. The molecule has 0 radical (unpaired) electrons. The predicted molar refractivity (Wildman–Crippen MR) is 75.3 cm³/mol. The fraction of sp³-hybridized carbons (Fsp3) is 0.357. The molecule has 0 saturated carbocycles. The Bertz CT molecular complexity index is 620. The molecule has 6 nitrogen and oxygen atoms in total. The molecule has 20 heavy (non-hydrogen) atoms. The molecule has 0 aliphatic rings. The molecule has 1 N–H and O–H groups in total. The Morgan fingerprint density at radius 2 is 2.15 bits per heavy atom. The molecule has 106 valence electrons. The molecule has 1 aromatic heterocycles. The standard InChI is InChI=1S/C14H17N3O3/c1-9(2)15-8-14-16-7-13(20-14)11-4-10(3)5-12(6-11)17(18)19/h4-7,9,15H,8H2,1-3H3. The second-order valence-electron chi connectivity index (χ2n) is 4.97. The van der Waals surface area contributed by atoms with Crippen LogP contribution in [0.15, 0.2) is 28.8 Å². The molecule has 2 aromatic rings. The Kier molecular flexibility index (Phi) is 4.14. The van der Waals surface area contributed by atoms with Crippen molar-refractivity contribution in [2.75, 3.05) is 0 Å². The molecular weight excluding hydrogens is 258 g/mol. The minimum absolute atomic E-state index is 0.0539. The van der Waals surface area contributed by atoms with E-state index < -0.39 is 4.92 Å². The smallest absolute Gasteiger partial charge is 0.270 e. The number of aromatic nitrogens is 1. The molecule has 6 heteroatoms. The van der Waals surface area contributed by atoms with Gasteiger partial charge in [-0.1, -0.05) is 13.8 Å². The lowest BCUT2D eigenvalue weighted by molar-refractivity contribution is -0.384. The third-order valence-corrected chi connectivity index (χ3v) is 2.77. The van der Waals surface area contributed by atoms with Crippen LogP contribution in [0.3, 0.4) is 0 Å². The molecule has 0 bridgehead atoms. The van der Waals surface area contributed by atoms with Crippen molar-refractivity contribution in [1.82, 2.24) is 10.3 Å². The average molecular weight is 275 g/mol. The highest BCUT2D eigenvalue weighted by atomic mass is 16.6. The van der Waals surface area contributed by atoms with E-state index in [0.717, 1.165) is 5.56 Å². The summed E-state index contributed by atoms with van der Waals surface area (Å²) in [5.41, 5.74) is 1.53. The first kappa shape index (κ1) is 14.2. The third kappa shape index (κ3) is 3.42. The normalized spacial score (nSPS) is 11.0. The van der Waals surface area contributed by atoms with Crippen LogP contribution in [0.2, 0.25) is 0 Å². The molecule has 0 aliphatic carbocycles. The highest BCUT2D eigenvalue weighted by molar-refractivity contribution is 5.61. The van der Waals surface area contributed by atoms with Crippen molar-refractivity contribution in [3.8, 4) is 11.3 Å². The number of hydrogen-bond donors (Lipinski definition) is 1. The van der Waals surface area contributed by atoms with Crippen LogP contribution in [-0.2, 0) is 6.54 Å². The zero-order valence-corrected chi connectivity index (χ0v) is 11.7. The van der Waals surface area contributed by atoms with Gasteiger partial charge in [-0.2, -0.15) is 0 Å². The second kappa shape index (κ2) is 5.83. The Morgan fingerprint density at radius 1 is 1.40 bits per heavy atom. The molecular formula is C14H17N3O3. The summed E-state index contributed by atoms with van der Waals surface area (Å²) in [5, 5.41) is 14.1. The molecule has 0 aliphatic heterocycles. The Balaban J connectivity index is 2.25. The van der Waals surface area contributed by atoms with E-state index in [-0.39, 0.29) is 5.69 Å². The molecule has 0 fully saturated rings. The van der Waals surface area contributed by atoms with Crippen LogP contribution in [0.5, 0.6) is 0 Å². The number of benzene rings is 1. The number of nitrogens with zero attached hydrogens (tertiary/aromatic N) is 2. The number of non-ortho nitro benzene ring substituents is 1. The summed E-state index contributed by atoms with van der Waals surface area (Å²) in [6.07, 6.45) is 1.59. The van der Waals surface area contributed by atoms with Crippen LogP contribution in [0.25, 0.3) is 11.3 Å². The topological polar surface area (TPSA) is 81.2 Å². The quantitative estimate of drug-likeness (QED) is 0.670. The number of oxazole rings is 1. The number of nitro benzene ring substituents is 1. The van der Waals surface area contributed by atoms with E-state index in [9.17, 15) is 10.1 Å². The van der Waals surface area contributed by atoms with E-state index in [1.165, 1.54) is 12.1 Å². The van der Waals surface area contributed by atoms with Crippen LogP contribution in [0.4, 0.5) is 5.69 Å². The molecule has 0 unspecified atom stereocenters. The maximum Gasteiger partial charge on any atom is 0.270 e. The molecule has 0 saturated heterocycles. The van der Waals surface area contributed by atoms with Gasteiger partial charge in [-0.15, -0.1) is 0 Å². The van der Waals surface area contributed by atoms with E-state index in [4.69, 9.17) is 4.42 Å². The SMILES string of the molecule is Cc1cc(-c2cnc(CNC(C)C)o2)cc([N+](=O)[O-])c1. The summed E-state index contributed by atoms with van der Waals surface area (Å²) in [6.45, 7) is 6.42. The minimum Gasteiger partial charge on any atom is -0.439 e. The number of nitro groups is 1. The summed E-state index contributed by atoms with van der Waals surface area (Å²) in [5.74, 6) is 1.11. The lowest BCUT2D eigenvalue weighted by Gasteiger charge is -2.04. The fourth-order valence-electron chi connectivity index (χ4n) is 1.83. The highest BCUT2D eigenvalue weighted by Crippen LogP contribution is 2.26. The second-order valence-corrected chi connectivity index (χ2v) is 4.97. The molecule has 0 spiro atoms. The average Bonchev–Trinajstić information content (AvgIpc) is 2.84. The first-order chi connectivity index (χ1) is 9.45. The van der Waals surface area contributed by atoms with Gasteiger partial charge in [0.05, 0.1) is 17.7 Å². The van der Waals surface area contributed by atoms with Gasteiger partial charge >= 0.3 is 0 Å². The van der Waals surface area contributed by atoms with Gasteiger partial charge in [0.25, 0.3) is 5.69 Å². The van der Waals surface area contributed by atoms with E-state index in [0.29, 0.717) is 29.8 Å². The van der Waals surface area contributed by atoms with Gasteiger partial charge in [-0.25, -0.2) is 4.98 Å². The van der Waals surface area contributed by atoms with Gasteiger partial charge in [-0.05, 0) is 18.6 Å². The largest absolute Gasteiger partial charge is 0.439 e. The Morgan fingerprint density at radius 3 is 2.80 bits per heavy atom. The van der Waals surface area contributed by atoms with Crippen molar-refractivity contribution >= 4 is 5.69 Å². The van der Waals surface area contributed by atoms with Gasteiger partial charge in [0.1, 0.15) is 0 Å². The van der Waals surface area contributed by atoms with Gasteiger partial charge in [0.15, 0.2) is 5.76 Å². The van der Waals surface area contributed by atoms with Crippen LogP contribution >= 0.6 is 0 Å². The predicted octanol–water partition coefficient (Wildman–Crippen LogP) is 3.06. The molecule has 1 aromatic carbocycles. The lowest BCUT2D eigenvalue weighted by atomic mass is 10.1. The zero-order valence-electron chi connectivity index (χ0n) is 11.7. The monoisotopic (exact) mass is 275 g/mol. The summed E-state index contributed by atoms with van der Waals surface area (Å²) in [6, 6.07) is 5.20. The van der Waals surface area contributed by atoms with E-state index in [2.05, 4.69) is 10.3 Å². The van der Waals surface area contributed by atoms with Crippen molar-refractivity contribution in [3.63, 3.8) is 0 Å². The van der Waals surface area contributed by atoms with Gasteiger partial charge in [0, 0.05) is 23.7 Å². The van der Waals surface area contributed by atoms with Crippen molar-refractivity contribution in [1.29, 1.82) is 0 Å². The minimum atomic E-state index is -0.409. The van der Waals surface area contributed by atoms with Gasteiger partial charge < -0.3 is 9.73 Å². The van der Waals surface area contributed by atoms with Crippen molar-refractivity contribution in [2.24, 2.45) is 0 Å². The van der Waals surface area contributed by atoms with Gasteiger partial charge in [-0.3, -0.25) is 10.1 Å². The van der Waals surface area contributed by atoms with Crippen molar-refractivity contribution in [2.45, 2.75) is 33.4 Å². The number of rotatable bonds is 5. The van der Waals surface area contributed by atoms with Crippen molar-refractivity contribution < 1.29 is 9.34 Å². The summed E-state index contributed by atoms with van der Waals surface area (Å²) >= 11 is 0. The highest BCUT2D eigenvalue weighted by Gasteiger charge is 2.12. The van der Waals surface area contributed by atoms with E-state index in [1.807, 2.05) is 26.8 Å². The maximum absolute atomic E-state index is 10.9. The van der Waals surface area contributed by atoms with Crippen LogP contribution in [0.1, 0.15) is 25.3 Å². The van der Waals surface area contributed by atoms with Crippen LogP contribution in [0, 0.1) is 17.0 Å². The van der Waals surface area contributed by atoms with Crippen LogP contribution in [-0.4, -0.2) is 15.9 Å². The zero-order chi connectivity index (χ0) is 14.7. The Labute approximate surface area is 117 Å². The lowest BCUT2D eigenvalue weighted by Crippen LogP contribution is -2.21. The molecule has 2 rings (SSSR count). The molecule has 1 heterocycles. The van der Waals surface area contributed by atoms with Crippen LogP contribution < -0.4 is 5.32 Å². The summed E-state index contributed by atoms with van der Waals surface area (Å²) < 4.78 is 5.61. The van der Waals surface area contributed by atoms with E-state index in [1.54, 1.807) is 6.20 Å². The number of aryl methyl sites for hydroxylation is 1. The Hall–Kier alpha value is -2.21. The summed E-state index contributed by atoms with van der Waals surface area (Å²) in [7, 11) is 0. The first-order valence-electron chi connectivity index (χ1n) is 6.40. The first-order valence-corrected chi connectivity index (χ1v) is 6.40. The number of nitrogens with one attached hydrogen (secondary N) is 1. The fourth-order valence-corrected chi connectivity index (χ4v) is 1.83. The van der Waals surface area contributed by atoms with Crippen molar-refractivity contribution in [3.05, 3.63) is 46.0 Å². The van der Waals surface area contributed by atoms with Gasteiger partial charge in [0.2, 0.25) is 5.89 Å². The molecule has 0 amide bonds. The van der Waals surface area contributed by atoms with E-state index >= 15 is 0 Å². The molecule has 0 atom stereocenters. The number of hydrogen-bond acceptors (Lipinski definition) is 5.